The molecule has 1 unspecified atom stereocenters. The van der Waals surface area contributed by atoms with E-state index in [0.29, 0.717) is 31.4 Å². The van der Waals surface area contributed by atoms with Gasteiger partial charge in [0.25, 0.3) is 5.91 Å². The minimum absolute atomic E-state index is 0.00292. The molecule has 2 rings (SSSR count). The van der Waals surface area contributed by atoms with Crippen molar-refractivity contribution in [3.63, 3.8) is 0 Å². The minimum Gasteiger partial charge on any atom is -0.367 e. The Morgan fingerprint density at radius 1 is 1.43 bits per heavy atom. The molecule has 1 atom stereocenters. The maximum absolute atomic E-state index is 12.4. The summed E-state index contributed by atoms with van der Waals surface area (Å²) in [4.78, 5) is 20.8. The molecule has 0 radical (unpaired) electrons. The van der Waals surface area contributed by atoms with Crippen LogP contribution < -0.4 is 10.6 Å². The van der Waals surface area contributed by atoms with E-state index in [1.165, 1.54) is 12.8 Å². The quantitative estimate of drug-likeness (QED) is 0.899. The summed E-state index contributed by atoms with van der Waals surface area (Å²) < 4.78 is 0. The van der Waals surface area contributed by atoms with Crippen LogP contribution in [0.25, 0.3) is 0 Å². The minimum atomic E-state index is 0.00292. The smallest absolute Gasteiger partial charge is 0.272 e. The lowest BCUT2D eigenvalue weighted by Gasteiger charge is -2.37. The van der Waals surface area contributed by atoms with Crippen LogP contribution in [-0.2, 0) is 0 Å². The fraction of sp³-hybridized carbons (Fsp3) is 0.625. The molecule has 5 heteroatoms. The van der Waals surface area contributed by atoms with Crippen LogP contribution in [0.2, 0.25) is 0 Å². The van der Waals surface area contributed by atoms with E-state index in [9.17, 15) is 4.79 Å². The molecular weight excluding hydrogens is 264 g/mol. The van der Waals surface area contributed by atoms with Crippen LogP contribution >= 0.6 is 0 Å². The summed E-state index contributed by atoms with van der Waals surface area (Å²) in [5.41, 5.74) is 7.48. The average Bonchev–Trinajstić information content (AvgIpc) is 2.56. The fourth-order valence-corrected chi connectivity index (χ4v) is 2.97. The molecule has 1 aromatic heterocycles. The number of hydrogen-bond donors (Lipinski definition) is 1. The van der Waals surface area contributed by atoms with E-state index in [1.54, 1.807) is 11.1 Å². The number of pyridine rings is 1. The van der Waals surface area contributed by atoms with E-state index in [2.05, 4.69) is 9.88 Å². The first kappa shape index (κ1) is 15.8. The van der Waals surface area contributed by atoms with Gasteiger partial charge in [-0.3, -0.25) is 9.78 Å². The van der Waals surface area contributed by atoms with Gasteiger partial charge in [0.1, 0.15) is 5.69 Å². The maximum atomic E-state index is 12.4. The highest BCUT2D eigenvalue weighted by atomic mass is 16.2. The Bertz CT molecular complexity index is 473. The molecule has 1 saturated heterocycles. The molecule has 21 heavy (non-hydrogen) atoms. The third-order valence-electron chi connectivity index (χ3n) is 4.24. The van der Waals surface area contributed by atoms with E-state index in [0.717, 1.165) is 18.7 Å². The molecule has 0 aromatic carbocycles. The van der Waals surface area contributed by atoms with Crippen molar-refractivity contribution in [2.24, 2.45) is 5.73 Å². The lowest BCUT2D eigenvalue weighted by Crippen LogP contribution is -2.44. The Morgan fingerprint density at radius 2 is 2.19 bits per heavy atom. The molecule has 1 aromatic rings. The maximum Gasteiger partial charge on any atom is 0.272 e. The number of anilines is 1. The molecule has 2 heterocycles. The lowest BCUT2D eigenvalue weighted by molar-refractivity contribution is 0.0767. The lowest BCUT2D eigenvalue weighted by atomic mass is 10.0. The molecule has 1 fully saturated rings. The van der Waals surface area contributed by atoms with Crippen LogP contribution in [0.4, 0.5) is 5.69 Å². The van der Waals surface area contributed by atoms with E-state index in [4.69, 9.17) is 5.73 Å². The third-order valence-corrected chi connectivity index (χ3v) is 4.24. The number of hydrogen-bond acceptors (Lipinski definition) is 4. The summed E-state index contributed by atoms with van der Waals surface area (Å²) in [5, 5.41) is 0. The molecule has 0 bridgehead atoms. The second-order valence-corrected chi connectivity index (χ2v) is 5.46. The highest BCUT2D eigenvalue weighted by Crippen LogP contribution is 2.24. The number of rotatable bonds is 5. The summed E-state index contributed by atoms with van der Waals surface area (Å²) in [6.07, 6.45) is 5.26. The summed E-state index contributed by atoms with van der Waals surface area (Å²) in [6, 6.07) is 4.26. The Balaban J connectivity index is 2.22. The average molecular weight is 290 g/mol. The van der Waals surface area contributed by atoms with Crippen molar-refractivity contribution in [2.45, 2.75) is 39.2 Å². The van der Waals surface area contributed by atoms with E-state index in [1.807, 2.05) is 26.0 Å². The zero-order chi connectivity index (χ0) is 15.2. The number of carbonyl (C=O) groups is 1. The van der Waals surface area contributed by atoms with Crippen molar-refractivity contribution >= 4 is 11.6 Å². The molecule has 2 N–H and O–H groups in total. The third kappa shape index (κ3) is 3.53. The van der Waals surface area contributed by atoms with Crippen LogP contribution in [0.1, 0.15) is 43.6 Å². The second kappa shape index (κ2) is 7.41. The van der Waals surface area contributed by atoms with Gasteiger partial charge in [0.15, 0.2) is 0 Å². The number of carbonyl (C=O) groups excluding carboxylic acids is 1. The number of aromatic nitrogens is 1. The van der Waals surface area contributed by atoms with Crippen molar-refractivity contribution in [2.75, 3.05) is 31.1 Å². The second-order valence-electron chi connectivity index (χ2n) is 5.46. The Morgan fingerprint density at radius 3 is 2.86 bits per heavy atom. The Kier molecular flexibility index (Phi) is 5.56. The number of nitrogens with two attached hydrogens (primary N) is 1. The van der Waals surface area contributed by atoms with Crippen molar-refractivity contribution in [1.82, 2.24) is 9.88 Å². The number of amides is 1. The normalized spacial score (nSPS) is 18.6. The zero-order valence-corrected chi connectivity index (χ0v) is 13.1. The molecule has 5 nitrogen and oxygen atoms in total. The van der Waals surface area contributed by atoms with Crippen molar-refractivity contribution < 1.29 is 4.79 Å². The summed E-state index contributed by atoms with van der Waals surface area (Å²) in [5.74, 6) is 0.00292. The predicted octanol–water partition coefficient (Wildman–Crippen LogP) is 1.88. The van der Waals surface area contributed by atoms with Gasteiger partial charge < -0.3 is 15.5 Å². The van der Waals surface area contributed by atoms with Gasteiger partial charge in [0.05, 0.1) is 0 Å². The van der Waals surface area contributed by atoms with Crippen molar-refractivity contribution in [3.05, 3.63) is 24.0 Å². The molecule has 1 amide bonds. The Labute approximate surface area is 127 Å². The van der Waals surface area contributed by atoms with Gasteiger partial charge in [-0.05, 0) is 45.2 Å². The topological polar surface area (TPSA) is 62.5 Å². The predicted molar refractivity (Wildman–Crippen MR) is 85.5 cm³/mol. The van der Waals surface area contributed by atoms with Crippen LogP contribution in [0.5, 0.6) is 0 Å². The van der Waals surface area contributed by atoms with Gasteiger partial charge in [-0.2, -0.15) is 0 Å². The van der Waals surface area contributed by atoms with Crippen LogP contribution in [0, 0.1) is 0 Å². The summed E-state index contributed by atoms with van der Waals surface area (Å²) >= 11 is 0. The van der Waals surface area contributed by atoms with Gasteiger partial charge in [-0.1, -0.05) is 0 Å². The van der Waals surface area contributed by atoms with Gasteiger partial charge in [0.2, 0.25) is 0 Å². The first-order valence-electron chi connectivity index (χ1n) is 7.93. The summed E-state index contributed by atoms with van der Waals surface area (Å²) in [7, 11) is 0. The van der Waals surface area contributed by atoms with Gasteiger partial charge >= 0.3 is 0 Å². The SMILES string of the molecule is CCN(CC)C(=O)c1cc(N2CCCCC2CN)ccn1. The van der Waals surface area contributed by atoms with Gasteiger partial charge in [0, 0.05) is 44.1 Å². The van der Waals surface area contributed by atoms with E-state index >= 15 is 0 Å². The van der Waals surface area contributed by atoms with E-state index < -0.39 is 0 Å². The highest BCUT2D eigenvalue weighted by Gasteiger charge is 2.23. The van der Waals surface area contributed by atoms with Crippen molar-refractivity contribution in [1.29, 1.82) is 0 Å². The first-order valence-corrected chi connectivity index (χ1v) is 7.93. The largest absolute Gasteiger partial charge is 0.367 e. The van der Waals surface area contributed by atoms with Crippen molar-refractivity contribution in [3.8, 4) is 0 Å². The Hall–Kier alpha value is -1.62. The fourth-order valence-electron chi connectivity index (χ4n) is 2.97. The monoisotopic (exact) mass is 290 g/mol. The van der Waals surface area contributed by atoms with Crippen LogP contribution in [-0.4, -0.2) is 48.0 Å². The first-order chi connectivity index (χ1) is 10.2. The van der Waals surface area contributed by atoms with Crippen LogP contribution in [0.15, 0.2) is 18.3 Å². The highest BCUT2D eigenvalue weighted by molar-refractivity contribution is 5.93. The molecule has 0 saturated carbocycles. The summed E-state index contributed by atoms with van der Waals surface area (Å²) in [6.45, 7) is 7.04. The van der Waals surface area contributed by atoms with E-state index in [-0.39, 0.29) is 5.91 Å². The van der Waals surface area contributed by atoms with Gasteiger partial charge in [-0.25, -0.2) is 0 Å². The molecule has 116 valence electrons. The molecular formula is C16H26N4O. The molecule has 0 spiro atoms. The number of nitrogens with zero attached hydrogens (tertiary/aromatic N) is 3. The number of piperidine rings is 1. The van der Waals surface area contributed by atoms with Gasteiger partial charge in [-0.15, -0.1) is 0 Å². The molecule has 1 aliphatic rings. The van der Waals surface area contributed by atoms with Crippen LogP contribution in [0.3, 0.4) is 0 Å². The standard InChI is InChI=1S/C16H26N4O/c1-3-19(4-2)16(21)15-11-13(8-9-18-15)20-10-6-5-7-14(20)12-17/h8-9,11,14H,3-7,10,12,17H2,1-2H3. The zero-order valence-electron chi connectivity index (χ0n) is 13.1. The molecule has 1 aliphatic heterocycles. The molecule has 0 aliphatic carbocycles.